The van der Waals surface area contributed by atoms with Crippen LogP contribution in [0.15, 0.2) is 12.1 Å². The van der Waals surface area contributed by atoms with Crippen LogP contribution < -0.4 is 10.1 Å². The van der Waals surface area contributed by atoms with Crippen molar-refractivity contribution in [3.8, 4) is 5.75 Å². The molecule has 2 nitrogen and oxygen atoms in total. The highest BCUT2D eigenvalue weighted by Crippen LogP contribution is 2.29. The van der Waals surface area contributed by atoms with E-state index in [1.807, 2.05) is 0 Å². The highest BCUT2D eigenvalue weighted by molar-refractivity contribution is 14.1. The molecule has 1 heterocycles. The lowest BCUT2D eigenvalue weighted by molar-refractivity contribution is 0.273. The van der Waals surface area contributed by atoms with Crippen molar-refractivity contribution in [2.75, 3.05) is 13.2 Å². The first-order valence-corrected chi connectivity index (χ1v) is 8.41. The van der Waals surface area contributed by atoms with Gasteiger partial charge in [0.05, 0.1) is 7.14 Å². The third kappa shape index (κ3) is 3.58. The zero-order valence-corrected chi connectivity index (χ0v) is 15.1. The zero-order valence-electron chi connectivity index (χ0n) is 8.60. The maximum Gasteiger partial charge on any atom is 0.146 e. The lowest BCUT2D eigenvalue weighted by Crippen LogP contribution is -2.28. The third-order valence-electron chi connectivity index (χ3n) is 2.55. The van der Waals surface area contributed by atoms with Crippen LogP contribution in [0, 0.1) is 10.7 Å². The molecule has 0 saturated carbocycles. The molecule has 0 radical (unpaired) electrons. The van der Waals surface area contributed by atoms with Gasteiger partial charge in [0.1, 0.15) is 12.4 Å². The molecular weight excluding hydrogens is 543 g/mol. The lowest BCUT2D eigenvalue weighted by Gasteiger charge is -2.14. The van der Waals surface area contributed by atoms with Gasteiger partial charge in [-0.1, -0.05) is 0 Å². The van der Waals surface area contributed by atoms with Crippen molar-refractivity contribution >= 4 is 67.8 Å². The second kappa shape index (κ2) is 6.37. The summed E-state index contributed by atoms with van der Waals surface area (Å²) in [6.45, 7) is 1.92. The van der Waals surface area contributed by atoms with E-state index < -0.39 is 0 Å². The summed E-state index contributed by atoms with van der Waals surface area (Å²) in [5, 5.41) is 3.45. The van der Waals surface area contributed by atoms with Gasteiger partial charge < -0.3 is 10.1 Å². The van der Waals surface area contributed by atoms with Gasteiger partial charge in [-0.2, -0.15) is 0 Å². The Morgan fingerprint density at radius 2 is 1.94 bits per heavy atom. The molecule has 0 aliphatic carbocycles. The smallest absolute Gasteiger partial charge is 0.146 e. The Morgan fingerprint density at radius 3 is 2.50 bits per heavy atom. The molecule has 1 N–H and O–H groups in total. The molecule has 0 aromatic heterocycles. The van der Waals surface area contributed by atoms with Crippen molar-refractivity contribution < 1.29 is 4.74 Å². The van der Waals surface area contributed by atoms with Crippen LogP contribution in [-0.4, -0.2) is 19.2 Å². The van der Waals surface area contributed by atoms with E-state index in [0.29, 0.717) is 6.04 Å². The number of halogens is 3. The lowest BCUT2D eigenvalue weighted by atomic mass is 10.2. The first kappa shape index (κ1) is 13.6. The molecule has 0 amide bonds. The topological polar surface area (TPSA) is 21.3 Å². The van der Waals surface area contributed by atoms with Gasteiger partial charge in [0, 0.05) is 9.61 Å². The molecule has 0 spiro atoms. The number of nitrogens with one attached hydrogen (secondary N) is 1. The Labute approximate surface area is 137 Å². The maximum absolute atomic E-state index is 5.93. The number of hydrogen-bond acceptors (Lipinski definition) is 2. The summed E-state index contributed by atoms with van der Waals surface area (Å²) in [6, 6.07) is 4.84. The number of rotatable bonds is 3. The highest BCUT2D eigenvalue weighted by atomic mass is 127. The molecule has 1 aromatic carbocycles. The van der Waals surface area contributed by atoms with E-state index in [9.17, 15) is 0 Å². The van der Waals surface area contributed by atoms with Gasteiger partial charge in [0.15, 0.2) is 0 Å². The summed E-state index contributed by atoms with van der Waals surface area (Å²) < 4.78 is 9.59. The van der Waals surface area contributed by atoms with Crippen LogP contribution in [0.25, 0.3) is 0 Å². The van der Waals surface area contributed by atoms with E-state index in [2.05, 4.69) is 85.2 Å². The molecule has 1 aliphatic rings. The average molecular weight is 555 g/mol. The Balaban J connectivity index is 2.03. The summed E-state index contributed by atoms with van der Waals surface area (Å²) in [5.41, 5.74) is 0. The van der Waals surface area contributed by atoms with E-state index in [0.717, 1.165) is 18.9 Å². The molecule has 88 valence electrons. The molecule has 1 aromatic rings. The molecule has 1 aliphatic heterocycles. The van der Waals surface area contributed by atoms with Crippen LogP contribution in [0.1, 0.15) is 12.8 Å². The van der Waals surface area contributed by atoms with E-state index in [1.54, 1.807) is 0 Å². The number of hydrogen-bond donors (Lipinski definition) is 1. The van der Waals surface area contributed by atoms with Crippen LogP contribution in [-0.2, 0) is 0 Å². The fourth-order valence-electron chi connectivity index (χ4n) is 1.75. The van der Waals surface area contributed by atoms with Crippen LogP contribution in [0.3, 0.4) is 0 Å². The molecule has 1 saturated heterocycles. The summed E-state index contributed by atoms with van der Waals surface area (Å²) in [6.07, 6.45) is 2.51. The first-order valence-electron chi connectivity index (χ1n) is 5.17. The largest absolute Gasteiger partial charge is 0.490 e. The SMILES string of the molecule is Ic1cc(I)c(OC[C@H]2CCCN2)c(I)c1. The summed E-state index contributed by atoms with van der Waals surface area (Å²) in [4.78, 5) is 0. The Morgan fingerprint density at radius 1 is 1.25 bits per heavy atom. The number of ether oxygens (including phenoxy) is 1. The van der Waals surface area contributed by atoms with Crippen molar-refractivity contribution in [2.45, 2.75) is 18.9 Å². The Bertz CT molecular complexity index is 354. The second-order valence-electron chi connectivity index (χ2n) is 3.80. The van der Waals surface area contributed by atoms with Crippen molar-refractivity contribution in [2.24, 2.45) is 0 Å². The van der Waals surface area contributed by atoms with Gasteiger partial charge in [0.2, 0.25) is 0 Å². The standard InChI is InChI=1S/C11H12I3NO/c12-7-4-9(13)11(10(14)5-7)16-6-8-2-1-3-15-8/h4-5,8,15H,1-3,6H2/t8-/m1/s1. The first-order chi connectivity index (χ1) is 7.66. The minimum absolute atomic E-state index is 0.533. The predicted molar refractivity (Wildman–Crippen MR) is 91.1 cm³/mol. The van der Waals surface area contributed by atoms with Crippen molar-refractivity contribution in [3.05, 3.63) is 22.8 Å². The fourth-order valence-corrected chi connectivity index (χ4v) is 5.64. The molecule has 5 heteroatoms. The molecular formula is C11H12I3NO. The molecule has 1 atom stereocenters. The summed E-state index contributed by atoms with van der Waals surface area (Å²) in [5.74, 6) is 1.04. The van der Waals surface area contributed by atoms with E-state index >= 15 is 0 Å². The second-order valence-corrected chi connectivity index (χ2v) is 7.37. The Hall–Kier alpha value is 1.17. The van der Waals surface area contributed by atoms with Crippen molar-refractivity contribution in [1.29, 1.82) is 0 Å². The quantitative estimate of drug-likeness (QED) is 0.577. The predicted octanol–water partition coefficient (Wildman–Crippen LogP) is 3.63. The minimum Gasteiger partial charge on any atom is -0.490 e. The van der Waals surface area contributed by atoms with Crippen molar-refractivity contribution in [3.63, 3.8) is 0 Å². The van der Waals surface area contributed by atoms with Gasteiger partial charge >= 0.3 is 0 Å². The van der Waals surface area contributed by atoms with E-state index in [1.165, 1.54) is 23.6 Å². The fraction of sp³-hybridized carbons (Fsp3) is 0.455. The monoisotopic (exact) mass is 555 g/mol. The molecule has 0 bridgehead atoms. The molecule has 1 fully saturated rings. The highest BCUT2D eigenvalue weighted by Gasteiger charge is 2.16. The number of benzene rings is 1. The molecule has 0 unspecified atom stereocenters. The van der Waals surface area contributed by atoms with Crippen LogP contribution in [0.2, 0.25) is 0 Å². The Kier molecular flexibility index (Phi) is 5.41. The van der Waals surface area contributed by atoms with Crippen molar-refractivity contribution in [1.82, 2.24) is 5.32 Å². The van der Waals surface area contributed by atoms with Crippen LogP contribution >= 0.6 is 67.8 Å². The van der Waals surface area contributed by atoms with E-state index in [-0.39, 0.29) is 0 Å². The van der Waals surface area contributed by atoms with Gasteiger partial charge in [-0.25, -0.2) is 0 Å². The van der Waals surface area contributed by atoms with Gasteiger partial charge in [-0.15, -0.1) is 0 Å². The maximum atomic E-state index is 5.93. The zero-order chi connectivity index (χ0) is 11.5. The van der Waals surface area contributed by atoms with Gasteiger partial charge in [-0.3, -0.25) is 0 Å². The minimum atomic E-state index is 0.533. The van der Waals surface area contributed by atoms with Crippen LogP contribution in [0.5, 0.6) is 5.75 Å². The van der Waals surface area contributed by atoms with Gasteiger partial charge in [0.25, 0.3) is 0 Å². The molecule has 2 rings (SSSR count). The molecule has 16 heavy (non-hydrogen) atoms. The average Bonchev–Trinajstić information content (AvgIpc) is 2.68. The third-order valence-corrected chi connectivity index (χ3v) is 4.78. The van der Waals surface area contributed by atoms with E-state index in [4.69, 9.17) is 4.74 Å². The summed E-state index contributed by atoms with van der Waals surface area (Å²) in [7, 11) is 0. The summed E-state index contributed by atoms with van der Waals surface area (Å²) >= 11 is 7.02. The normalized spacial score (nSPS) is 20.1. The van der Waals surface area contributed by atoms with Crippen LogP contribution in [0.4, 0.5) is 0 Å². The van der Waals surface area contributed by atoms with Gasteiger partial charge in [-0.05, 0) is 99.3 Å².